The number of rotatable bonds is 5. The molecular formula is C8H17NO3S. The molecule has 0 heterocycles. The van der Waals surface area contributed by atoms with Gasteiger partial charge in [0.25, 0.3) is 10.1 Å². The van der Waals surface area contributed by atoms with E-state index in [1.165, 1.54) is 0 Å². The van der Waals surface area contributed by atoms with Crippen molar-refractivity contribution in [1.29, 1.82) is 0 Å². The molecule has 0 spiro atoms. The van der Waals surface area contributed by atoms with Gasteiger partial charge in [-0.3, -0.25) is 4.55 Å². The number of hydrogen-bond acceptors (Lipinski definition) is 3. The van der Waals surface area contributed by atoms with Crippen LogP contribution in [0.2, 0.25) is 0 Å². The van der Waals surface area contributed by atoms with E-state index >= 15 is 0 Å². The molecule has 4 nitrogen and oxygen atoms in total. The minimum Gasteiger partial charge on any atom is -0.307 e. The lowest BCUT2D eigenvalue weighted by molar-refractivity contribution is 0.417. The Morgan fingerprint density at radius 2 is 2.00 bits per heavy atom. The zero-order chi connectivity index (χ0) is 10.5. The second-order valence-electron chi connectivity index (χ2n) is 3.56. The third-order valence-corrected chi connectivity index (χ3v) is 2.56. The van der Waals surface area contributed by atoms with E-state index in [0.717, 1.165) is 0 Å². The molecule has 0 aromatic heterocycles. The van der Waals surface area contributed by atoms with Crippen molar-refractivity contribution in [2.75, 3.05) is 12.3 Å². The smallest absolute Gasteiger partial charge is 0.266 e. The standard InChI is InChI=1S/C8H17NO3S/c1-4-5-6-9-8(2,3)7-13(10,11)12/h4-5,9H,6-7H2,1-3H3,(H,10,11,12)/b5-4+. The maximum atomic E-state index is 10.6. The average molecular weight is 207 g/mol. The van der Waals surface area contributed by atoms with Crippen LogP contribution in [0.1, 0.15) is 20.8 Å². The largest absolute Gasteiger partial charge is 0.307 e. The molecule has 0 atom stereocenters. The van der Waals surface area contributed by atoms with Crippen LogP contribution in [0.4, 0.5) is 0 Å². The highest BCUT2D eigenvalue weighted by atomic mass is 32.2. The molecular weight excluding hydrogens is 190 g/mol. The highest BCUT2D eigenvalue weighted by Crippen LogP contribution is 2.04. The van der Waals surface area contributed by atoms with Gasteiger partial charge in [0.1, 0.15) is 0 Å². The van der Waals surface area contributed by atoms with Crippen molar-refractivity contribution in [3.05, 3.63) is 12.2 Å². The van der Waals surface area contributed by atoms with Crippen LogP contribution in [0.3, 0.4) is 0 Å². The molecule has 0 aromatic carbocycles. The van der Waals surface area contributed by atoms with E-state index in [-0.39, 0.29) is 5.75 Å². The van der Waals surface area contributed by atoms with E-state index in [2.05, 4.69) is 5.32 Å². The van der Waals surface area contributed by atoms with Crippen LogP contribution in [0.25, 0.3) is 0 Å². The molecule has 0 aromatic rings. The zero-order valence-electron chi connectivity index (χ0n) is 8.24. The molecule has 0 saturated carbocycles. The van der Waals surface area contributed by atoms with Crippen LogP contribution < -0.4 is 5.32 Å². The predicted octanol–water partition coefficient (Wildman–Crippen LogP) is 0.819. The molecule has 0 unspecified atom stereocenters. The lowest BCUT2D eigenvalue weighted by atomic mass is 10.1. The average Bonchev–Trinajstić information content (AvgIpc) is 1.81. The van der Waals surface area contributed by atoms with Crippen LogP contribution in [0.15, 0.2) is 12.2 Å². The Hall–Kier alpha value is -0.390. The summed E-state index contributed by atoms with van der Waals surface area (Å²) in [6.07, 6.45) is 3.75. The molecule has 0 aliphatic heterocycles. The number of hydrogen-bond donors (Lipinski definition) is 2. The van der Waals surface area contributed by atoms with Gasteiger partial charge in [-0.1, -0.05) is 12.2 Å². The molecule has 0 aliphatic rings. The van der Waals surface area contributed by atoms with Crippen molar-refractivity contribution in [2.45, 2.75) is 26.3 Å². The molecule has 0 amide bonds. The van der Waals surface area contributed by atoms with E-state index in [9.17, 15) is 8.42 Å². The highest BCUT2D eigenvalue weighted by Gasteiger charge is 2.23. The molecule has 78 valence electrons. The molecule has 0 bridgehead atoms. The van der Waals surface area contributed by atoms with Gasteiger partial charge < -0.3 is 5.32 Å². The summed E-state index contributed by atoms with van der Waals surface area (Å²) in [5.41, 5.74) is -0.604. The van der Waals surface area contributed by atoms with E-state index in [4.69, 9.17) is 4.55 Å². The Balaban J connectivity index is 4.09. The van der Waals surface area contributed by atoms with Gasteiger partial charge in [0.05, 0.1) is 5.75 Å². The van der Waals surface area contributed by atoms with E-state index in [1.54, 1.807) is 13.8 Å². The van der Waals surface area contributed by atoms with Crippen molar-refractivity contribution in [2.24, 2.45) is 0 Å². The molecule has 0 fully saturated rings. The highest BCUT2D eigenvalue weighted by molar-refractivity contribution is 7.85. The summed E-state index contributed by atoms with van der Waals surface area (Å²) >= 11 is 0. The van der Waals surface area contributed by atoms with Crippen LogP contribution in [-0.4, -0.2) is 30.8 Å². The first-order chi connectivity index (χ1) is 5.77. The van der Waals surface area contributed by atoms with E-state index in [0.29, 0.717) is 6.54 Å². The van der Waals surface area contributed by atoms with Crippen LogP contribution in [0, 0.1) is 0 Å². The van der Waals surface area contributed by atoms with Crippen LogP contribution >= 0.6 is 0 Å². The second-order valence-corrected chi connectivity index (χ2v) is 5.01. The first-order valence-corrected chi connectivity index (χ1v) is 5.69. The molecule has 0 rings (SSSR count). The van der Waals surface area contributed by atoms with Gasteiger partial charge in [-0.05, 0) is 20.8 Å². The minimum atomic E-state index is -3.91. The van der Waals surface area contributed by atoms with Crippen molar-refractivity contribution < 1.29 is 13.0 Å². The Labute approximate surface area is 79.8 Å². The van der Waals surface area contributed by atoms with Gasteiger partial charge in [0.15, 0.2) is 0 Å². The van der Waals surface area contributed by atoms with Gasteiger partial charge >= 0.3 is 0 Å². The quantitative estimate of drug-likeness (QED) is 0.517. The SMILES string of the molecule is C/C=C/CNC(C)(C)CS(=O)(=O)O. The Morgan fingerprint density at radius 3 is 2.38 bits per heavy atom. The van der Waals surface area contributed by atoms with Gasteiger partial charge in [0, 0.05) is 12.1 Å². The lowest BCUT2D eigenvalue weighted by Gasteiger charge is -2.23. The molecule has 0 saturated heterocycles. The third kappa shape index (κ3) is 7.95. The van der Waals surface area contributed by atoms with E-state index in [1.807, 2.05) is 19.1 Å². The minimum absolute atomic E-state index is 0.280. The van der Waals surface area contributed by atoms with Crippen molar-refractivity contribution in [1.82, 2.24) is 5.32 Å². The molecule has 13 heavy (non-hydrogen) atoms. The van der Waals surface area contributed by atoms with Crippen LogP contribution in [-0.2, 0) is 10.1 Å². The predicted molar refractivity (Wildman–Crippen MR) is 53.3 cm³/mol. The molecule has 5 heteroatoms. The first kappa shape index (κ1) is 12.6. The van der Waals surface area contributed by atoms with E-state index < -0.39 is 15.7 Å². The van der Waals surface area contributed by atoms with Gasteiger partial charge in [-0.15, -0.1) is 0 Å². The normalized spacial score (nSPS) is 13.8. The summed E-state index contributed by atoms with van der Waals surface area (Å²) in [7, 11) is -3.91. The van der Waals surface area contributed by atoms with Crippen LogP contribution in [0.5, 0.6) is 0 Å². The van der Waals surface area contributed by atoms with Gasteiger partial charge in [-0.25, -0.2) is 0 Å². The lowest BCUT2D eigenvalue weighted by Crippen LogP contribution is -2.45. The monoisotopic (exact) mass is 207 g/mol. The molecule has 2 N–H and O–H groups in total. The first-order valence-electron chi connectivity index (χ1n) is 4.08. The number of allylic oxidation sites excluding steroid dienone is 1. The summed E-state index contributed by atoms with van der Waals surface area (Å²) < 4.78 is 29.8. The Morgan fingerprint density at radius 1 is 1.46 bits per heavy atom. The molecule has 0 radical (unpaired) electrons. The fourth-order valence-electron chi connectivity index (χ4n) is 0.960. The summed E-state index contributed by atoms with van der Waals surface area (Å²) in [5, 5.41) is 2.99. The Kier molecular flexibility index (Phi) is 4.60. The Bertz CT molecular complexity index is 267. The summed E-state index contributed by atoms with van der Waals surface area (Å²) in [6.45, 7) is 5.94. The maximum Gasteiger partial charge on any atom is 0.266 e. The fourth-order valence-corrected chi connectivity index (χ4v) is 1.97. The topological polar surface area (TPSA) is 66.4 Å². The van der Waals surface area contributed by atoms with Gasteiger partial charge in [-0.2, -0.15) is 8.42 Å². The molecule has 0 aliphatic carbocycles. The van der Waals surface area contributed by atoms with Crippen molar-refractivity contribution in [3.8, 4) is 0 Å². The zero-order valence-corrected chi connectivity index (χ0v) is 9.06. The second kappa shape index (κ2) is 4.74. The fraction of sp³-hybridized carbons (Fsp3) is 0.750. The summed E-state index contributed by atoms with van der Waals surface area (Å²) in [4.78, 5) is 0. The maximum absolute atomic E-state index is 10.6. The summed E-state index contributed by atoms with van der Waals surface area (Å²) in [6, 6.07) is 0. The number of nitrogens with one attached hydrogen (secondary N) is 1. The third-order valence-electron chi connectivity index (χ3n) is 1.48. The van der Waals surface area contributed by atoms with Crippen molar-refractivity contribution in [3.63, 3.8) is 0 Å². The van der Waals surface area contributed by atoms with Crippen molar-refractivity contribution >= 4 is 10.1 Å². The van der Waals surface area contributed by atoms with Gasteiger partial charge in [0.2, 0.25) is 0 Å². The summed E-state index contributed by atoms with van der Waals surface area (Å²) in [5.74, 6) is -0.280.